The van der Waals surface area contributed by atoms with Gasteiger partial charge in [-0.15, -0.1) is 0 Å². The van der Waals surface area contributed by atoms with E-state index in [9.17, 15) is 27.2 Å². The Hall–Kier alpha value is -3.11. The number of likely N-dealkylation sites (tertiary alicyclic amines) is 1. The first-order chi connectivity index (χ1) is 17.8. The molecule has 3 heterocycles. The van der Waals surface area contributed by atoms with Crippen LogP contribution in [0.1, 0.15) is 69.2 Å². The lowest BCUT2D eigenvalue weighted by molar-refractivity contribution is -0.136. The van der Waals surface area contributed by atoms with Crippen LogP contribution in [-0.2, 0) is 40.9 Å². The van der Waals surface area contributed by atoms with Gasteiger partial charge in [0.1, 0.15) is 22.7 Å². The average molecular weight is 537 g/mol. The molecule has 3 aliphatic rings. The van der Waals surface area contributed by atoms with Gasteiger partial charge in [-0.25, -0.2) is 14.2 Å². The normalized spacial score (nSPS) is 18.4. The number of amides is 2. The van der Waals surface area contributed by atoms with Gasteiger partial charge < -0.3 is 19.1 Å². The number of anilines is 1. The molecule has 1 aliphatic carbocycles. The molecule has 2 aliphatic heterocycles. The van der Waals surface area contributed by atoms with Gasteiger partial charge in [-0.2, -0.15) is 13.2 Å². The summed E-state index contributed by atoms with van der Waals surface area (Å²) in [7, 11) is 0. The molecule has 0 atom stereocenters. The zero-order valence-corrected chi connectivity index (χ0v) is 21.8. The zero-order valence-electron chi connectivity index (χ0n) is 21.8. The molecular formula is C27H32F4N4O3. The van der Waals surface area contributed by atoms with Crippen LogP contribution in [0.15, 0.2) is 18.2 Å². The van der Waals surface area contributed by atoms with Crippen molar-refractivity contribution in [1.82, 2.24) is 14.5 Å². The molecule has 1 aromatic carbocycles. The quantitative estimate of drug-likeness (QED) is 0.488. The first-order valence-electron chi connectivity index (χ1n) is 13.0. The number of halogens is 4. The molecule has 1 spiro atoms. The first kappa shape index (κ1) is 26.5. The van der Waals surface area contributed by atoms with Gasteiger partial charge in [-0.1, -0.05) is 6.07 Å². The van der Waals surface area contributed by atoms with Crippen molar-refractivity contribution in [3.05, 3.63) is 46.8 Å². The number of hydrogen-bond acceptors (Lipinski definition) is 4. The summed E-state index contributed by atoms with van der Waals surface area (Å²) in [4.78, 5) is 34.1. The van der Waals surface area contributed by atoms with E-state index in [1.54, 1.807) is 26.8 Å². The fourth-order valence-electron chi connectivity index (χ4n) is 5.76. The summed E-state index contributed by atoms with van der Waals surface area (Å²) in [6, 6.07) is 4.18. The summed E-state index contributed by atoms with van der Waals surface area (Å²) >= 11 is 0. The van der Waals surface area contributed by atoms with Crippen LogP contribution in [0.25, 0.3) is 0 Å². The summed E-state index contributed by atoms with van der Waals surface area (Å²) in [5, 5.41) is 0. The maximum atomic E-state index is 14.4. The van der Waals surface area contributed by atoms with Crippen LogP contribution in [0, 0.1) is 5.82 Å². The van der Waals surface area contributed by atoms with E-state index in [-0.39, 0.29) is 38.5 Å². The molecule has 0 unspecified atom stereocenters. The van der Waals surface area contributed by atoms with Crippen molar-refractivity contribution in [3.63, 3.8) is 0 Å². The van der Waals surface area contributed by atoms with E-state index in [2.05, 4.69) is 0 Å². The average Bonchev–Trinajstić information content (AvgIpc) is 3.23. The van der Waals surface area contributed by atoms with Crippen LogP contribution < -0.4 is 4.90 Å². The molecule has 1 saturated heterocycles. The van der Waals surface area contributed by atoms with Crippen molar-refractivity contribution in [2.75, 3.05) is 18.0 Å². The van der Waals surface area contributed by atoms with Crippen LogP contribution in [0.5, 0.6) is 0 Å². The second-order valence-electron chi connectivity index (χ2n) is 11.5. The Morgan fingerprint density at radius 3 is 2.53 bits per heavy atom. The van der Waals surface area contributed by atoms with E-state index >= 15 is 0 Å². The lowest BCUT2D eigenvalue weighted by Gasteiger charge is -2.46. The molecular weight excluding hydrogens is 504 g/mol. The van der Waals surface area contributed by atoms with Gasteiger partial charge in [0.15, 0.2) is 0 Å². The highest BCUT2D eigenvalue weighted by Gasteiger charge is 2.60. The van der Waals surface area contributed by atoms with E-state index in [4.69, 9.17) is 9.72 Å². The van der Waals surface area contributed by atoms with E-state index in [1.165, 1.54) is 21.9 Å². The van der Waals surface area contributed by atoms with Crippen LogP contribution in [-0.4, -0.2) is 51.3 Å². The lowest BCUT2D eigenvalue weighted by Crippen LogP contribution is -2.65. The van der Waals surface area contributed by atoms with Crippen LogP contribution >= 0.6 is 0 Å². The summed E-state index contributed by atoms with van der Waals surface area (Å²) in [5.74, 6) is -0.279. The highest BCUT2D eigenvalue weighted by Crippen LogP contribution is 2.48. The predicted octanol–water partition coefficient (Wildman–Crippen LogP) is 5.28. The van der Waals surface area contributed by atoms with Crippen LogP contribution in [0.2, 0.25) is 0 Å². The number of benzene rings is 1. The number of aromatic nitrogens is 2. The fourth-order valence-corrected chi connectivity index (χ4v) is 5.76. The summed E-state index contributed by atoms with van der Waals surface area (Å²) in [6.45, 7) is 5.65. The largest absolute Gasteiger partial charge is 0.444 e. The Morgan fingerprint density at radius 2 is 1.84 bits per heavy atom. The fraction of sp³-hybridized carbons (Fsp3) is 0.593. The molecule has 1 aromatic heterocycles. The van der Waals surface area contributed by atoms with Gasteiger partial charge in [0.25, 0.3) is 0 Å². The van der Waals surface area contributed by atoms with Gasteiger partial charge >= 0.3 is 12.3 Å². The van der Waals surface area contributed by atoms with Gasteiger partial charge in [-0.05, 0) is 70.6 Å². The van der Waals surface area contributed by atoms with Gasteiger partial charge in [-0.3, -0.25) is 4.79 Å². The smallest absolute Gasteiger partial charge is 0.410 e. The molecule has 0 radical (unpaired) electrons. The van der Waals surface area contributed by atoms with E-state index in [1.807, 2.05) is 4.57 Å². The highest BCUT2D eigenvalue weighted by atomic mass is 19.4. The van der Waals surface area contributed by atoms with Gasteiger partial charge in [0, 0.05) is 31.7 Å². The molecule has 0 bridgehead atoms. The van der Waals surface area contributed by atoms with E-state index in [0.29, 0.717) is 17.1 Å². The van der Waals surface area contributed by atoms with E-state index < -0.39 is 35.5 Å². The van der Waals surface area contributed by atoms with E-state index in [0.717, 1.165) is 37.1 Å². The molecule has 7 nitrogen and oxygen atoms in total. The summed E-state index contributed by atoms with van der Waals surface area (Å²) in [6.07, 6.45) is -2.42. The molecule has 2 aromatic rings. The zero-order chi connectivity index (χ0) is 27.5. The number of ether oxygens (including phenoxy) is 1. The molecule has 206 valence electrons. The van der Waals surface area contributed by atoms with Crippen molar-refractivity contribution in [2.24, 2.45) is 0 Å². The third kappa shape index (κ3) is 4.87. The maximum absolute atomic E-state index is 14.4. The van der Waals surface area contributed by atoms with Crippen molar-refractivity contribution >= 4 is 17.7 Å². The molecule has 2 amide bonds. The Labute approximate surface area is 218 Å². The summed E-state index contributed by atoms with van der Waals surface area (Å²) < 4.78 is 60.2. The van der Waals surface area contributed by atoms with Crippen LogP contribution in [0.4, 0.5) is 28.0 Å². The molecule has 0 saturated carbocycles. The Kier molecular flexibility index (Phi) is 6.46. The maximum Gasteiger partial charge on any atom is 0.410 e. The van der Waals surface area contributed by atoms with Gasteiger partial charge in [0.05, 0.1) is 17.9 Å². The standard InChI is InChI=1S/C27H32F4N4O3/c1-25(2,3)38-24(37)33-15-26(16-33)18-10-9-17(28)13-21(18)35(23(26)36)14-22-32-19-7-4-5-8-20(19)34(22)12-6-11-27(29,30)31/h9-10,13H,4-8,11-12,14-16H2,1-3H3. The molecule has 5 rings (SSSR count). The van der Waals surface area contributed by atoms with Crippen molar-refractivity contribution in [3.8, 4) is 0 Å². The topological polar surface area (TPSA) is 67.7 Å². The number of imidazole rings is 1. The monoisotopic (exact) mass is 536 g/mol. The lowest BCUT2D eigenvalue weighted by atomic mass is 9.75. The SMILES string of the molecule is CC(C)(C)OC(=O)N1CC2(C1)C(=O)N(Cc1nc3c(n1CCCC(F)(F)F)CCCC3)c1cc(F)ccc12. The Morgan fingerprint density at radius 1 is 1.13 bits per heavy atom. The minimum absolute atomic E-state index is 0.0164. The highest BCUT2D eigenvalue weighted by molar-refractivity contribution is 6.09. The number of hydrogen-bond donors (Lipinski definition) is 0. The molecule has 0 N–H and O–H groups in total. The van der Waals surface area contributed by atoms with Gasteiger partial charge in [0.2, 0.25) is 5.91 Å². The molecule has 1 fully saturated rings. The number of fused-ring (bicyclic) bond motifs is 3. The number of carbonyl (C=O) groups is 2. The minimum Gasteiger partial charge on any atom is -0.444 e. The number of aryl methyl sites for hydroxylation is 1. The number of rotatable bonds is 5. The summed E-state index contributed by atoms with van der Waals surface area (Å²) in [5.41, 5.74) is 1.11. The third-order valence-electron chi connectivity index (χ3n) is 7.45. The van der Waals surface area contributed by atoms with Crippen LogP contribution in [0.3, 0.4) is 0 Å². The second kappa shape index (κ2) is 9.27. The first-order valence-corrected chi connectivity index (χ1v) is 13.0. The number of alkyl halides is 3. The Balaban J connectivity index is 1.43. The number of nitrogens with zero attached hydrogens (tertiary/aromatic N) is 4. The molecule has 38 heavy (non-hydrogen) atoms. The van der Waals surface area contributed by atoms with Crippen molar-refractivity contribution in [2.45, 2.75) is 89.6 Å². The Bertz CT molecular complexity index is 1260. The second-order valence-corrected chi connectivity index (χ2v) is 11.5. The molecule has 11 heteroatoms. The van der Waals surface area contributed by atoms with Crippen molar-refractivity contribution < 1.29 is 31.9 Å². The predicted molar refractivity (Wildman–Crippen MR) is 131 cm³/mol. The number of carbonyl (C=O) groups excluding carboxylic acids is 2. The third-order valence-corrected chi connectivity index (χ3v) is 7.45. The minimum atomic E-state index is -4.25. The van der Waals surface area contributed by atoms with Crippen molar-refractivity contribution in [1.29, 1.82) is 0 Å².